The summed E-state index contributed by atoms with van der Waals surface area (Å²) < 4.78 is 5.19. The summed E-state index contributed by atoms with van der Waals surface area (Å²) in [5.41, 5.74) is 3.05. The van der Waals surface area contributed by atoms with Gasteiger partial charge in [-0.15, -0.1) is 11.3 Å². The summed E-state index contributed by atoms with van der Waals surface area (Å²) >= 11 is 1.57. The zero-order chi connectivity index (χ0) is 17.6. The van der Waals surface area contributed by atoms with Gasteiger partial charge in [0.2, 0.25) is 5.91 Å². The third kappa shape index (κ3) is 4.45. The molecule has 0 aliphatic rings. The molecule has 0 saturated heterocycles. The van der Waals surface area contributed by atoms with E-state index in [-0.39, 0.29) is 5.91 Å². The van der Waals surface area contributed by atoms with Crippen LogP contribution in [-0.4, -0.2) is 18.0 Å². The summed E-state index contributed by atoms with van der Waals surface area (Å²) in [6.45, 7) is 2.57. The van der Waals surface area contributed by atoms with Crippen molar-refractivity contribution in [2.24, 2.45) is 0 Å². The molecule has 1 N–H and O–H groups in total. The fourth-order valence-corrected chi connectivity index (χ4v) is 3.49. The Labute approximate surface area is 151 Å². The second kappa shape index (κ2) is 7.94. The molecule has 1 aromatic heterocycles. The number of thiazole rings is 1. The molecule has 5 heteroatoms. The van der Waals surface area contributed by atoms with Crippen LogP contribution >= 0.6 is 11.3 Å². The van der Waals surface area contributed by atoms with Gasteiger partial charge in [-0.3, -0.25) is 4.79 Å². The highest BCUT2D eigenvalue weighted by molar-refractivity contribution is 7.12. The van der Waals surface area contributed by atoms with E-state index in [1.54, 1.807) is 18.4 Å². The van der Waals surface area contributed by atoms with Crippen molar-refractivity contribution in [3.05, 3.63) is 70.0 Å². The van der Waals surface area contributed by atoms with Crippen molar-refractivity contribution in [2.75, 3.05) is 7.11 Å². The number of carbonyl (C=O) groups excluding carboxylic acids is 1. The third-order valence-corrected chi connectivity index (χ3v) is 4.82. The predicted molar refractivity (Wildman–Crippen MR) is 101 cm³/mol. The van der Waals surface area contributed by atoms with E-state index in [2.05, 4.69) is 10.3 Å². The van der Waals surface area contributed by atoms with Gasteiger partial charge in [-0.25, -0.2) is 4.98 Å². The number of aromatic nitrogens is 1. The van der Waals surface area contributed by atoms with Crippen LogP contribution in [0.2, 0.25) is 0 Å². The van der Waals surface area contributed by atoms with Crippen molar-refractivity contribution in [1.82, 2.24) is 10.3 Å². The van der Waals surface area contributed by atoms with E-state index in [0.29, 0.717) is 13.0 Å². The maximum atomic E-state index is 12.2. The zero-order valence-corrected chi connectivity index (χ0v) is 15.1. The molecule has 1 heterocycles. The van der Waals surface area contributed by atoms with E-state index >= 15 is 0 Å². The largest absolute Gasteiger partial charge is 0.497 e. The highest BCUT2D eigenvalue weighted by atomic mass is 32.1. The second-order valence-electron chi connectivity index (χ2n) is 5.68. The fourth-order valence-electron chi connectivity index (χ4n) is 2.54. The summed E-state index contributed by atoms with van der Waals surface area (Å²) in [5, 5.41) is 3.77. The standard InChI is InChI=1S/C20H20N2O2S/c1-14-20(16-8-10-17(24-2)11-9-16)22-19(25-14)12-18(23)21-13-15-6-4-3-5-7-15/h3-11H,12-13H2,1-2H3,(H,21,23). The van der Waals surface area contributed by atoms with Gasteiger partial charge in [-0.2, -0.15) is 0 Å². The van der Waals surface area contributed by atoms with Gasteiger partial charge in [0.1, 0.15) is 10.8 Å². The number of hydrogen-bond acceptors (Lipinski definition) is 4. The Balaban J connectivity index is 1.64. The number of nitrogens with zero attached hydrogens (tertiary/aromatic N) is 1. The van der Waals surface area contributed by atoms with Gasteiger partial charge in [0, 0.05) is 17.0 Å². The number of aryl methyl sites for hydroxylation is 1. The third-order valence-electron chi connectivity index (χ3n) is 3.85. The van der Waals surface area contributed by atoms with Crippen molar-refractivity contribution >= 4 is 17.2 Å². The topological polar surface area (TPSA) is 51.2 Å². The normalized spacial score (nSPS) is 10.5. The zero-order valence-electron chi connectivity index (χ0n) is 14.3. The average Bonchev–Trinajstić information content (AvgIpc) is 3.01. The number of carbonyl (C=O) groups is 1. The molecule has 3 aromatic rings. The summed E-state index contributed by atoms with van der Waals surface area (Å²) in [6.07, 6.45) is 0.300. The Morgan fingerprint density at radius 2 is 1.84 bits per heavy atom. The van der Waals surface area contributed by atoms with Crippen molar-refractivity contribution in [1.29, 1.82) is 0 Å². The average molecular weight is 352 g/mol. The van der Waals surface area contributed by atoms with Crippen molar-refractivity contribution in [3.8, 4) is 17.0 Å². The van der Waals surface area contributed by atoms with Crippen molar-refractivity contribution < 1.29 is 9.53 Å². The van der Waals surface area contributed by atoms with Gasteiger partial charge in [0.05, 0.1) is 19.2 Å². The molecule has 0 fully saturated rings. The van der Waals surface area contributed by atoms with Gasteiger partial charge in [0.15, 0.2) is 0 Å². The van der Waals surface area contributed by atoms with E-state index < -0.39 is 0 Å². The monoisotopic (exact) mass is 352 g/mol. The fraction of sp³-hybridized carbons (Fsp3) is 0.200. The maximum Gasteiger partial charge on any atom is 0.227 e. The van der Waals surface area contributed by atoms with Crippen LogP contribution in [0.15, 0.2) is 54.6 Å². The molecular formula is C20H20N2O2S. The van der Waals surface area contributed by atoms with Crippen LogP contribution in [0.3, 0.4) is 0 Å². The smallest absolute Gasteiger partial charge is 0.227 e. The molecule has 3 rings (SSSR count). The molecule has 2 aromatic carbocycles. The van der Waals surface area contributed by atoms with Crippen molar-refractivity contribution in [3.63, 3.8) is 0 Å². The Morgan fingerprint density at radius 3 is 2.52 bits per heavy atom. The summed E-state index contributed by atoms with van der Waals surface area (Å²) in [6, 6.07) is 17.7. The van der Waals surface area contributed by atoms with E-state index in [1.807, 2.05) is 61.5 Å². The molecule has 4 nitrogen and oxygen atoms in total. The van der Waals surface area contributed by atoms with Crippen LogP contribution < -0.4 is 10.1 Å². The van der Waals surface area contributed by atoms with Crippen molar-refractivity contribution in [2.45, 2.75) is 19.9 Å². The summed E-state index contributed by atoms with van der Waals surface area (Å²) in [5.74, 6) is 0.802. The summed E-state index contributed by atoms with van der Waals surface area (Å²) in [7, 11) is 1.65. The van der Waals surface area contributed by atoms with Crippen LogP contribution in [0.25, 0.3) is 11.3 Å². The Bertz CT molecular complexity index is 842. The van der Waals surface area contributed by atoms with E-state index in [0.717, 1.165) is 32.5 Å². The minimum atomic E-state index is -0.0149. The van der Waals surface area contributed by atoms with E-state index in [1.165, 1.54) is 0 Å². The van der Waals surface area contributed by atoms with Crippen LogP contribution in [0.4, 0.5) is 0 Å². The number of hydrogen-bond donors (Lipinski definition) is 1. The first kappa shape index (κ1) is 17.2. The molecule has 128 valence electrons. The Morgan fingerprint density at radius 1 is 1.12 bits per heavy atom. The quantitative estimate of drug-likeness (QED) is 0.730. The molecule has 0 atom stereocenters. The molecule has 0 aliphatic carbocycles. The lowest BCUT2D eigenvalue weighted by Gasteiger charge is -2.04. The van der Waals surface area contributed by atoms with Crippen LogP contribution in [0.5, 0.6) is 5.75 Å². The first-order valence-electron chi connectivity index (χ1n) is 8.07. The highest BCUT2D eigenvalue weighted by Crippen LogP contribution is 2.29. The number of ether oxygens (including phenoxy) is 1. The Kier molecular flexibility index (Phi) is 5.46. The molecule has 0 unspecified atom stereocenters. The minimum Gasteiger partial charge on any atom is -0.497 e. The SMILES string of the molecule is COc1ccc(-c2nc(CC(=O)NCc3ccccc3)sc2C)cc1. The number of methoxy groups -OCH3 is 1. The molecule has 0 spiro atoms. The van der Waals surface area contributed by atoms with Gasteiger partial charge < -0.3 is 10.1 Å². The molecule has 1 amide bonds. The second-order valence-corrected chi connectivity index (χ2v) is 6.97. The summed E-state index contributed by atoms with van der Waals surface area (Å²) in [4.78, 5) is 17.9. The van der Waals surface area contributed by atoms with Crippen LogP contribution in [0, 0.1) is 6.92 Å². The molecule has 0 bridgehead atoms. The first-order valence-corrected chi connectivity index (χ1v) is 8.88. The maximum absolute atomic E-state index is 12.2. The lowest BCUT2D eigenvalue weighted by atomic mass is 10.1. The number of amides is 1. The first-order chi connectivity index (χ1) is 12.2. The Hall–Kier alpha value is -2.66. The van der Waals surface area contributed by atoms with E-state index in [4.69, 9.17) is 4.74 Å². The molecule has 0 aliphatic heterocycles. The van der Waals surface area contributed by atoms with Gasteiger partial charge >= 0.3 is 0 Å². The van der Waals surface area contributed by atoms with E-state index in [9.17, 15) is 4.79 Å². The number of benzene rings is 2. The van der Waals surface area contributed by atoms with Gasteiger partial charge in [-0.05, 0) is 36.8 Å². The lowest BCUT2D eigenvalue weighted by molar-refractivity contribution is -0.120. The van der Waals surface area contributed by atoms with Gasteiger partial charge in [-0.1, -0.05) is 30.3 Å². The van der Waals surface area contributed by atoms with Gasteiger partial charge in [0.25, 0.3) is 0 Å². The molecule has 0 saturated carbocycles. The predicted octanol–water partition coefficient (Wildman–Crippen LogP) is 3.99. The minimum absolute atomic E-state index is 0.0149. The highest BCUT2D eigenvalue weighted by Gasteiger charge is 2.13. The lowest BCUT2D eigenvalue weighted by Crippen LogP contribution is -2.24. The molecule has 25 heavy (non-hydrogen) atoms. The molecule has 0 radical (unpaired) electrons. The molecular weight excluding hydrogens is 332 g/mol. The number of rotatable bonds is 6. The van der Waals surface area contributed by atoms with Crippen LogP contribution in [-0.2, 0) is 17.8 Å². The van der Waals surface area contributed by atoms with Crippen LogP contribution in [0.1, 0.15) is 15.4 Å². The number of nitrogens with one attached hydrogen (secondary N) is 1.